The number of carbonyl (C=O) groups is 6. The van der Waals surface area contributed by atoms with Crippen molar-refractivity contribution in [3.8, 4) is 0 Å². The summed E-state index contributed by atoms with van der Waals surface area (Å²) in [7, 11) is 6.56. The second kappa shape index (κ2) is 35.1. The van der Waals surface area contributed by atoms with Crippen LogP contribution in [-0.2, 0) is 43.0 Å². The molecule has 0 aliphatic carbocycles. The number of hydrogen-bond acceptors (Lipinski definition) is 10. The van der Waals surface area contributed by atoms with Crippen LogP contribution in [0.1, 0.15) is 148 Å². The van der Waals surface area contributed by atoms with Crippen molar-refractivity contribution in [2.75, 3.05) is 54.6 Å². The molecule has 1 fully saturated rings. The summed E-state index contributed by atoms with van der Waals surface area (Å²) in [4.78, 5) is 77.6. The van der Waals surface area contributed by atoms with Gasteiger partial charge < -0.3 is 50.4 Å². The summed E-state index contributed by atoms with van der Waals surface area (Å²) >= 11 is 0. The molecule has 16 nitrogen and oxygen atoms in total. The van der Waals surface area contributed by atoms with Crippen LogP contribution in [0.5, 0.6) is 0 Å². The van der Waals surface area contributed by atoms with E-state index in [1.165, 1.54) is 16.9 Å². The van der Waals surface area contributed by atoms with Crippen LogP contribution < -0.4 is 16.4 Å². The van der Waals surface area contributed by atoms with Gasteiger partial charge >= 0.3 is 5.97 Å². The third-order valence-corrected chi connectivity index (χ3v) is 11.6. The first kappa shape index (κ1) is 67.2. The number of likely N-dealkylation sites (N-methyl/N-ethyl adjacent to an activating group) is 2. The number of hydrogen-bond donors (Lipinski definition) is 4. The SMILES string of the molecule is C=C/C=C(C)\C=C/C.CCC.CCC(C)C(C(CC(=O)N1CCCC1C(OC)C(C)C)OC)N(C)C(=O)CNC(=O)C(C)(C)N(C)C(=O)CCC(C)(C)OCCC(C)(C)N.O=CNCC(=O)O. The molecule has 1 rings (SSSR count). The maximum absolute atomic E-state index is 13.7. The Morgan fingerprint density at radius 3 is 1.97 bits per heavy atom. The van der Waals surface area contributed by atoms with Crippen LogP contribution in [0.15, 0.2) is 36.5 Å². The Kier molecular flexibility index (Phi) is 35.1. The Hall–Kier alpha value is -4.12. The normalized spacial score (nSPS) is 15.9. The molecule has 1 saturated heterocycles. The monoisotopic (exact) mass is 953 g/mol. The number of ether oxygens (including phenoxy) is 3. The average molecular weight is 953 g/mol. The lowest BCUT2D eigenvalue weighted by atomic mass is 9.90. The maximum atomic E-state index is 13.7. The Balaban J connectivity index is -0.00000190. The van der Waals surface area contributed by atoms with E-state index in [4.69, 9.17) is 25.1 Å². The fraction of sp³-hybridized carbons (Fsp3) is 0.765. The molecule has 5 amide bonds. The number of carboxylic acids is 1. The van der Waals surface area contributed by atoms with Gasteiger partial charge in [-0.25, -0.2) is 0 Å². The number of carboxylic acid groups (broad SMARTS) is 1. The summed E-state index contributed by atoms with van der Waals surface area (Å²) in [6, 6.07) is -0.389. The quantitative estimate of drug-likeness (QED) is 0.0517. The van der Waals surface area contributed by atoms with Gasteiger partial charge in [0.2, 0.25) is 30.0 Å². The first-order valence-corrected chi connectivity index (χ1v) is 23.9. The lowest BCUT2D eigenvalue weighted by molar-refractivity contribution is -0.147. The second-order valence-electron chi connectivity index (χ2n) is 19.4. The van der Waals surface area contributed by atoms with Gasteiger partial charge in [0.25, 0.3) is 0 Å². The molecule has 0 radical (unpaired) electrons. The van der Waals surface area contributed by atoms with Crippen LogP contribution in [0.4, 0.5) is 0 Å². The largest absolute Gasteiger partial charge is 0.480 e. The standard InChI is InChI=1S/C37H71N5O7.C8H12.C3H5NO3.C3H8/c1-15-26(4)32(28(47-13)23-30(44)42-21-16-17-27(42)33(48-14)25(2)3)40(11)31(45)24-39-34(46)37(9,10)41(12)29(43)18-19-36(7,8)49-22-20-35(5,6)38;1-4-6-8(3)7-5-2;5-2-4-1-3(6)7;1-3-2/h25-28,32-33H,15-24,38H2,1-14H3,(H,39,46);4-7H,1H2,2-3H3;2H,1H2,(H,4,5)(H,6,7);3H2,1-2H3/b;7-5-,8-6-;;. The average Bonchev–Trinajstić information content (AvgIpc) is 3.73. The number of allylic oxidation sites excluding steroid dienone is 5. The second-order valence-corrected chi connectivity index (χ2v) is 19.4. The van der Waals surface area contributed by atoms with Gasteiger partial charge in [-0.1, -0.05) is 90.8 Å². The molecule has 67 heavy (non-hydrogen) atoms. The number of likely N-dealkylation sites (tertiary alicyclic amines) is 1. The Morgan fingerprint density at radius 1 is 0.955 bits per heavy atom. The van der Waals surface area contributed by atoms with Crippen molar-refractivity contribution in [2.24, 2.45) is 17.6 Å². The zero-order valence-corrected chi connectivity index (χ0v) is 45.1. The lowest BCUT2D eigenvalue weighted by Crippen LogP contribution is -2.58. The van der Waals surface area contributed by atoms with Crippen molar-refractivity contribution in [3.05, 3.63) is 36.5 Å². The van der Waals surface area contributed by atoms with Crippen molar-refractivity contribution >= 4 is 36.0 Å². The third-order valence-electron chi connectivity index (χ3n) is 11.6. The minimum Gasteiger partial charge on any atom is -0.480 e. The number of rotatable bonds is 26. The van der Waals surface area contributed by atoms with Crippen molar-refractivity contribution in [1.29, 1.82) is 0 Å². The Morgan fingerprint density at radius 2 is 1.54 bits per heavy atom. The van der Waals surface area contributed by atoms with Gasteiger partial charge in [-0.05, 0) is 92.9 Å². The smallest absolute Gasteiger partial charge is 0.322 e. The Bertz CT molecular complexity index is 1520. The van der Waals surface area contributed by atoms with Gasteiger partial charge in [-0.15, -0.1) is 0 Å². The minimum atomic E-state index is -1.20. The summed E-state index contributed by atoms with van der Waals surface area (Å²) in [5.41, 5.74) is 5.22. The highest BCUT2D eigenvalue weighted by molar-refractivity contribution is 5.93. The molecule has 1 aliphatic rings. The molecule has 1 heterocycles. The molecule has 0 spiro atoms. The zero-order valence-electron chi connectivity index (χ0n) is 45.1. The summed E-state index contributed by atoms with van der Waals surface area (Å²) in [5, 5.41) is 12.5. The van der Waals surface area contributed by atoms with E-state index in [1.54, 1.807) is 53.1 Å². The van der Waals surface area contributed by atoms with Crippen LogP contribution in [0, 0.1) is 11.8 Å². The van der Waals surface area contributed by atoms with Gasteiger partial charge in [0.15, 0.2) is 0 Å². The predicted molar refractivity (Wildman–Crippen MR) is 270 cm³/mol. The molecule has 1 aliphatic heterocycles. The molecule has 0 aromatic rings. The highest BCUT2D eigenvalue weighted by Crippen LogP contribution is 2.29. The van der Waals surface area contributed by atoms with E-state index in [9.17, 15) is 28.8 Å². The molecule has 390 valence electrons. The van der Waals surface area contributed by atoms with Crippen LogP contribution in [0.25, 0.3) is 0 Å². The van der Waals surface area contributed by atoms with Crippen LogP contribution in [0.3, 0.4) is 0 Å². The number of amides is 5. The molecule has 5 N–H and O–H groups in total. The summed E-state index contributed by atoms with van der Waals surface area (Å²) in [5.74, 6) is -1.71. The molecule has 5 atom stereocenters. The highest BCUT2D eigenvalue weighted by Gasteiger charge is 2.41. The van der Waals surface area contributed by atoms with E-state index in [0.29, 0.717) is 32.4 Å². The molecule has 16 heteroatoms. The molecular weight excluding hydrogens is 857 g/mol. The number of carbonyl (C=O) groups excluding carboxylic acids is 5. The molecular formula is C51H96N6O10. The topological polar surface area (TPSA) is 210 Å². The van der Waals surface area contributed by atoms with Crippen LogP contribution in [0.2, 0.25) is 0 Å². The molecule has 0 aromatic carbocycles. The van der Waals surface area contributed by atoms with Gasteiger partial charge in [-0.2, -0.15) is 0 Å². The predicted octanol–water partition coefficient (Wildman–Crippen LogP) is 6.91. The molecule has 5 unspecified atom stereocenters. The van der Waals surface area contributed by atoms with Crippen LogP contribution >= 0.6 is 0 Å². The van der Waals surface area contributed by atoms with E-state index in [1.807, 2.05) is 83.8 Å². The van der Waals surface area contributed by atoms with Gasteiger partial charge in [0.1, 0.15) is 12.1 Å². The van der Waals surface area contributed by atoms with Crippen molar-refractivity contribution in [2.45, 2.75) is 189 Å². The minimum absolute atomic E-state index is 0.00814. The first-order chi connectivity index (χ1) is 31.0. The Labute approximate surface area is 406 Å². The molecule has 0 aromatic heterocycles. The summed E-state index contributed by atoms with van der Waals surface area (Å²) < 4.78 is 17.7. The number of aliphatic carboxylic acids is 1. The third kappa shape index (κ3) is 28.1. The van der Waals surface area contributed by atoms with E-state index in [0.717, 1.165) is 19.3 Å². The number of nitrogens with zero attached hydrogens (tertiary/aromatic N) is 3. The zero-order chi connectivity index (χ0) is 52.7. The van der Waals surface area contributed by atoms with Crippen molar-refractivity contribution in [1.82, 2.24) is 25.3 Å². The first-order valence-electron chi connectivity index (χ1n) is 23.9. The van der Waals surface area contributed by atoms with E-state index < -0.39 is 35.2 Å². The van der Waals surface area contributed by atoms with E-state index in [-0.39, 0.29) is 73.2 Å². The van der Waals surface area contributed by atoms with Gasteiger partial charge in [0.05, 0.1) is 42.9 Å². The molecule has 0 saturated carbocycles. The lowest BCUT2D eigenvalue weighted by Gasteiger charge is -2.39. The van der Waals surface area contributed by atoms with Crippen LogP contribution in [-0.4, -0.2) is 151 Å². The van der Waals surface area contributed by atoms with Crippen molar-refractivity contribution < 1.29 is 48.1 Å². The number of nitrogens with one attached hydrogen (secondary N) is 2. The van der Waals surface area contributed by atoms with Gasteiger partial charge in [-0.3, -0.25) is 28.8 Å². The molecule has 0 bridgehead atoms. The summed E-state index contributed by atoms with van der Waals surface area (Å²) in [6.45, 7) is 31.8. The number of methoxy groups -OCH3 is 2. The number of nitrogens with two attached hydrogens (primary N) is 1. The maximum Gasteiger partial charge on any atom is 0.322 e. The fourth-order valence-corrected chi connectivity index (χ4v) is 7.19. The summed E-state index contributed by atoms with van der Waals surface area (Å²) in [6.07, 6.45) is 12.9. The van der Waals surface area contributed by atoms with Crippen molar-refractivity contribution in [3.63, 3.8) is 0 Å². The fourth-order valence-electron chi connectivity index (χ4n) is 7.19. The van der Waals surface area contributed by atoms with Gasteiger partial charge in [0, 0.05) is 53.4 Å². The highest BCUT2D eigenvalue weighted by atomic mass is 16.5. The van der Waals surface area contributed by atoms with E-state index in [2.05, 4.69) is 39.6 Å². The van der Waals surface area contributed by atoms with E-state index >= 15 is 0 Å².